The molecule has 0 atom stereocenters. The van der Waals surface area contributed by atoms with Crippen LogP contribution in [0.3, 0.4) is 0 Å². The molecule has 11 heteroatoms. The Balaban J connectivity index is 1.25. The number of fused-ring (bicyclic) bond motifs is 3. The first-order chi connectivity index (χ1) is 17.4. The van der Waals surface area contributed by atoms with E-state index in [0.29, 0.717) is 66.8 Å². The summed E-state index contributed by atoms with van der Waals surface area (Å²) in [5, 5.41) is 3.95. The number of aromatic nitrogens is 4. The normalized spacial score (nSPS) is 15.5. The van der Waals surface area contributed by atoms with Gasteiger partial charge < -0.3 is 14.2 Å². The second-order valence-corrected chi connectivity index (χ2v) is 8.72. The van der Waals surface area contributed by atoms with Crippen molar-refractivity contribution in [1.29, 1.82) is 0 Å². The Morgan fingerprint density at radius 3 is 2.36 bits per heavy atom. The molecular weight excluding hydrogens is 473 g/mol. The van der Waals surface area contributed by atoms with Crippen LogP contribution in [0.1, 0.15) is 27.4 Å². The summed E-state index contributed by atoms with van der Waals surface area (Å²) in [6.07, 6.45) is 0.865. The van der Waals surface area contributed by atoms with Crippen LogP contribution in [0.25, 0.3) is 16.9 Å². The van der Waals surface area contributed by atoms with Crippen LogP contribution in [0, 0.1) is 0 Å². The van der Waals surface area contributed by atoms with Crippen molar-refractivity contribution in [2.45, 2.75) is 19.0 Å². The van der Waals surface area contributed by atoms with Crippen molar-refractivity contribution >= 4 is 11.9 Å². The zero-order valence-corrected chi connectivity index (χ0v) is 19.1. The highest BCUT2D eigenvalue weighted by molar-refractivity contribution is 5.94. The molecule has 0 bridgehead atoms. The van der Waals surface area contributed by atoms with E-state index in [0.717, 1.165) is 0 Å². The van der Waals surface area contributed by atoms with E-state index in [1.54, 1.807) is 53.7 Å². The standard InChI is InChI=1S/C25H21F3N6O2/c26-25(27,28)22-19-6-7-20-18(8-15-36-20)21(19)34(31-22)17-4-2-16(3-5-17)23(35)32-11-13-33(14-12-32)24-29-9-1-10-30-24/h1-5,8-10,15H,6-7,11-14H2. The minimum Gasteiger partial charge on any atom is -0.469 e. The van der Waals surface area contributed by atoms with Gasteiger partial charge in [0.15, 0.2) is 5.69 Å². The Bertz CT molecular complexity index is 1400. The zero-order valence-electron chi connectivity index (χ0n) is 19.1. The van der Waals surface area contributed by atoms with Gasteiger partial charge >= 0.3 is 6.18 Å². The molecule has 4 heterocycles. The van der Waals surface area contributed by atoms with Crippen LogP contribution in [0.15, 0.2) is 59.5 Å². The van der Waals surface area contributed by atoms with Crippen LogP contribution < -0.4 is 4.90 Å². The molecule has 0 N–H and O–H groups in total. The Labute approximate surface area is 204 Å². The molecule has 1 aliphatic carbocycles. The second kappa shape index (κ2) is 8.51. The molecule has 1 saturated heterocycles. The molecule has 3 aromatic heterocycles. The highest BCUT2D eigenvalue weighted by Gasteiger charge is 2.41. The highest BCUT2D eigenvalue weighted by atomic mass is 19.4. The number of amides is 1. The summed E-state index contributed by atoms with van der Waals surface area (Å²) in [7, 11) is 0. The summed E-state index contributed by atoms with van der Waals surface area (Å²) in [6, 6.07) is 9.94. The van der Waals surface area contributed by atoms with E-state index >= 15 is 0 Å². The largest absolute Gasteiger partial charge is 0.469 e. The molecule has 0 unspecified atom stereocenters. The number of hydrogen-bond donors (Lipinski definition) is 0. The first-order valence-corrected chi connectivity index (χ1v) is 11.6. The van der Waals surface area contributed by atoms with Gasteiger partial charge in [-0.1, -0.05) is 0 Å². The lowest BCUT2D eigenvalue weighted by molar-refractivity contribution is -0.142. The molecule has 1 aromatic carbocycles. The molecule has 1 amide bonds. The average molecular weight is 494 g/mol. The lowest BCUT2D eigenvalue weighted by Gasteiger charge is -2.34. The van der Waals surface area contributed by atoms with Crippen LogP contribution in [0.2, 0.25) is 0 Å². The minimum atomic E-state index is -4.57. The third-order valence-corrected chi connectivity index (χ3v) is 6.62. The molecule has 0 saturated carbocycles. The monoisotopic (exact) mass is 494 g/mol. The molecule has 8 nitrogen and oxygen atoms in total. The van der Waals surface area contributed by atoms with Gasteiger partial charge in [-0.2, -0.15) is 18.3 Å². The predicted molar refractivity (Wildman–Crippen MR) is 124 cm³/mol. The first kappa shape index (κ1) is 22.3. The summed E-state index contributed by atoms with van der Waals surface area (Å²) in [4.78, 5) is 25.4. The lowest BCUT2D eigenvalue weighted by atomic mass is 9.94. The van der Waals surface area contributed by atoms with Crippen molar-refractivity contribution in [1.82, 2.24) is 24.6 Å². The summed E-state index contributed by atoms with van der Waals surface area (Å²) >= 11 is 0. The number of hydrogen-bond acceptors (Lipinski definition) is 6. The minimum absolute atomic E-state index is 0.134. The Kier molecular flexibility index (Phi) is 5.27. The third kappa shape index (κ3) is 3.80. The SMILES string of the molecule is O=C(c1ccc(-n2nc(C(F)(F)F)c3c2-c2ccoc2CC3)cc1)N1CCN(c2ncccn2)CC1. The Hall–Kier alpha value is -4.15. The molecule has 1 fully saturated rings. The highest BCUT2D eigenvalue weighted by Crippen LogP contribution is 2.42. The molecule has 0 spiro atoms. The van der Waals surface area contributed by atoms with E-state index in [1.165, 1.54) is 10.9 Å². The van der Waals surface area contributed by atoms with Gasteiger partial charge in [0.2, 0.25) is 5.95 Å². The number of aryl methyl sites for hydroxylation is 1. The maximum atomic E-state index is 13.8. The summed E-state index contributed by atoms with van der Waals surface area (Å²) in [5.74, 6) is 1.14. The number of alkyl halides is 3. The van der Waals surface area contributed by atoms with E-state index in [9.17, 15) is 18.0 Å². The summed E-state index contributed by atoms with van der Waals surface area (Å²) in [5.41, 5.74) is 1.18. The van der Waals surface area contributed by atoms with Crippen molar-refractivity contribution in [3.8, 4) is 16.9 Å². The van der Waals surface area contributed by atoms with Gasteiger partial charge in [0, 0.05) is 61.7 Å². The van der Waals surface area contributed by atoms with Crippen molar-refractivity contribution in [2.24, 2.45) is 0 Å². The van der Waals surface area contributed by atoms with Crippen molar-refractivity contribution in [3.63, 3.8) is 0 Å². The maximum Gasteiger partial charge on any atom is 0.435 e. The molecule has 4 aromatic rings. The van der Waals surface area contributed by atoms with E-state index in [-0.39, 0.29) is 17.9 Å². The first-order valence-electron chi connectivity index (χ1n) is 11.6. The maximum absolute atomic E-state index is 13.8. The average Bonchev–Trinajstić information content (AvgIpc) is 3.54. The molecular formula is C25H21F3N6O2. The summed E-state index contributed by atoms with van der Waals surface area (Å²) < 4.78 is 48.0. The van der Waals surface area contributed by atoms with Crippen LogP contribution in [0.4, 0.5) is 19.1 Å². The third-order valence-electron chi connectivity index (χ3n) is 6.62. The molecule has 0 radical (unpaired) electrons. The van der Waals surface area contributed by atoms with Crippen LogP contribution in [-0.2, 0) is 19.0 Å². The second-order valence-electron chi connectivity index (χ2n) is 8.72. The number of rotatable bonds is 3. The molecule has 184 valence electrons. The van der Waals surface area contributed by atoms with Crippen LogP contribution in [-0.4, -0.2) is 56.7 Å². The van der Waals surface area contributed by atoms with E-state index in [1.807, 2.05) is 4.90 Å². The van der Waals surface area contributed by atoms with Gasteiger partial charge in [-0.05, 0) is 42.8 Å². The topological polar surface area (TPSA) is 80.3 Å². The quantitative estimate of drug-likeness (QED) is 0.428. The zero-order chi connectivity index (χ0) is 24.9. The molecule has 6 rings (SSSR count). The lowest BCUT2D eigenvalue weighted by Crippen LogP contribution is -2.49. The van der Waals surface area contributed by atoms with Crippen molar-refractivity contribution < 1.29 is 22.4 Å². The van der Waals surface area contributed by atoms with Gasteiger partial charge in [0.25, 0.3) is 5.91 Å². The van der Waals surface area contributed by atoms with Gasteiger partial charge in [-0.3, -0.25) is 4.79 Å². The van der Waals surface area contributed by atoms with Gasteiger partial charge in [0.05, 0.1) is 17.6 Å². The Morgan fingerprint density at radius 1 is 0.944 bits per heavy atom. The molecule has 2 aliphatic rings. The fourth-order valence-electron chi connectivity index (χ4n) is 4.85. The number of carbonyl (C=O) groups excluding carboxylic acids is 1. The number of nitrogens with zero attached hydrogens (tertiary/aromatic N) is 6. The molecule has 1 aliphatic heterocycles. The fourth-order valence-corrected chi connectivity index (χ4v) is 4.85. The van der Waals surface area contributed by atoms with E-state index in [2.05, 4.69) is 15.1 Å². The van der Waals surface area contributed by atoms with E-state index < -0.39 is 11.9 Å². The number of halogens is 3. The van der Waals surface area contributed by atoms with Crippen molar-refractivity contribution in [2.75, 3.05) is 31.1 Å². The molecule has 36 heavy (non-hydrogen) atoms. The smallest absolute Gasteiger partial charge is 0.435 e. The van der Waals surface area contributed by atoms with Gasteiger partial charge in [0.1, 0.15) is 5.76 Å². The van der Waals surface area contributed by atoms with Crippen molar-refractivity contribution in [3.05, 3.63) is 77.6 Å². The number of furan rings is 1. The summed E-state index contributed by atoms with van der Waals surface area (Å²) in [6.45, 7) is 2.26. The number of anilines is 1. The number of benzene rings is 1. The van der Waals surface area contributed by atoms with Crippen LogP contribution >= 0.6 is 0 Å². The predicted octanol–water partition coefficient (Wildman–Crippen LogP) is 4.00. The number of carbonyl (C=O) groups is 1. The van der Waals surface area contributed by atoms with Crippen LogP contribution in [0.5, 0.6) is 0 Å². The van der Waals surface area contributed by atoms with E-state index in [4.69, 9.17) is 4.42 Å². The fraction of sp³-hybridized carbons (Fsp3) is 0.280. The van der Waals surface area contributed by atoms with Gasteiger partial charge in [-0.25, -0.2) is 14.6 Å². The number of piperazine rings is 1. The Morgan fingerprint density at radius 2 is 1.67 bits per heavy atom. The van der Waals surface area contributed by atoms with Gasteiger partial charge in [-0.15, -0.1) is 0 Å².